The third-order valence-electron chi connectivity index (χ3n) is 9.70. The van der Waals surface area contributed by atoms with Gasteiger partial charge in [0.25, 0.3) is 11.8 Å². The van der Waals surface area contributed by atoms with E-state index in [0.29, 0.717) is 35.3 Å². The second-order valence-electron chi connectivity index (χ2n) is 13.4. The van der Waals surface area contributed by atoms with E-state index in [-0.39, 0.29) is 12.5 Å². The number of anilines is 1. The normalized spacial score (nSPS) is 15.4. The molecule has 2 amide bonds. The summed E-state index contributed by atoms with van der Waals surface area (Å²) >= 11 is 0. The molecule has 4 aromatic rings. The largest absolute Gasteiger partial charge is 0.416 e. The molecule has 3 aromatic carbocycles. The number of piperazine rings is 1. The van der Waals surface area contributed by atoms with Crippen LogP contribution in [0.1, 0.15) is 62.2 Å². The minimum atomic E-state index is -4.46. The van der Waals surface area contributed by atoms with Gasteiger partial charge in [-0.2, -0.15) is 13.2 Å². The van der Waals surface area contributed by atoms with Crippen LogP contribution in [0.15, 0.2) is 85.1 Å². The number of piperidine rings is 1. The Balaban J connectivity index is 1.22. The lowest BCUT2D eigenvalue weighted by Gasteiger charge is -2.29. The number of aromatic nitrogens is 1. The van der Waals surface area contributed by atoms with Gasteiger partial charge in [0.05, 0.1) is 11.3 Å². The van der Waals surface area contributed by atoms with E-state index >= 15 is 0 Å². The van der Waals surface area contributed by atoms with Gasteiger partial charge in [-0.05, 0) is 90.9 Å². The predicted molar refractivity (Wildman–Crippen MR) is 194 cm³/mol. The first-order valence-corrected chi connectivity index (χ1v) is 17.7. The Morgan fingerprint density at radius 3 is 2.41 bits per heavy atom. The monoisotopic (exact) mass is 698 g/mol. The molecule has 2 aliphatic heterocycles. The number of rotatable bonds is 11. The number of hydrogen-bond acceptors (Lipinski definition) is 6. The minimum Gasteiger partial charge on any atom is -0.372 e. The molecule has 8 nitrogen and oxygen atoms in total. The van der Waals surface area contributed by atoms with Crippen molar-refractivity contribution in [2.24, 2.45) is 0 Å². The number of benzene rings is 3. The van der Waals surface area contributed by atoms with Crippen LogP contribution in [0, 0.1) is 0 Å². The Hall–Kier alpha value is -4.74. The zero-order valence-electron chi connectivity index (χ0n) is 29.0. The highest BCUT2D eigenvalue weighted by Crippen LogP contribution is 2.32. The molecule has 3 heterocycles. The van der Waals surface area contributed by atoms with Crippen LogP contribution in [0.3, 0.4) is 0 Å². The van der Waals surface area contributed by atoms with E-state index in [4.69, 9.17) is 0 Å². The van der Waals surface area contributed by atoms with Gasteiger partial charge in [0, 0.05) is 94.5 Å². The summed E-state index contributed by atoms with van der Waals surface area (Å²) in [5.74, 6) is -0.421. The van der Waals surface area contributed by atoms with Gasteiger partial charge in [-0.25, -0.2) is 0 Å². The summed E-state index contributed by atoms with van der Waals surface area (Å²) < 4.78 is 39.6. The van der Waals surface area contributed by atoms with Gasteiger partial charge in [-0.1, -0.05) is 30.3 Å². The van der Waals surface area contributed by atoms with Crippen LogP contribution in [0.4, 0.5) is 18.9 Å². The van der Waals surface area contributed by atoms with Crippen molar-refractivity contribution in [1.29, 1.82) is 0 Å². The second-order valence-corrected chi connectivity index (χ2v) is 13.4. The van der Waals surface area contributed by atoms with Crippen LogP contribution >= 0.6 is 0 Å². The highest BCUT2D eigenvalue weighted by molar-refractivity contribution is 5.95. The number of likely N-dealkylation sites (N-methyl/N-ethyl adjacent to an activating group) is 1. The smallest absolute Gasteiger partial charge is 0.372 e. The van der Waals surface area contributed by atoms with Crippen molar-refractivity contribution >= 4 is 17.5 Å². The first-order chi connectivity index (χ1) is 24.6. The average Bonchev–Trinajstić information content (AvgIpc) is 3.16. The molecule has 1 aromatic heterocycles. The van der Waals surface area contributed by atoms with Crippen molar-refractivity contribution in [3.8, 4) is 11.3 Å². The SMILES string of the molecule is CN(CCN1CCNCC1)C(=O)c1cccc(Cc2ccc(N3CCCCC3)cc2-c2cc(C(=O)NCc3cccc(C(F)(F)F)c3)ccn2)c1. The summed E-state index contributed by atoms with van der Waals surface area (Å²) in [7, 11) is 1.85. The molecule has 6 rings (SSSR count). The van der Waals surface area contributed by atoms with E-state index in [2.05, 4.69) is 43.6 Å². The Morgan fingerprint density at radius 1 is 0.863 bits per heavy atom. The summed E-state index contributed by atoms with van der Waals surface area (Å²) in [5.41, 5.74) is 5.18. The van der Waals surface area contributed by atoms with Gasteiger partial charge >= 0.3 is 6.18 Å². The molecule has 0 saturated carbocycles. The van der Waals surface area contributed by atoms with Crippen LogP contribution < -0.4 is 15.5 Å². The molecule has 2 fully saturated rings. The number of hydrogen-bond donors (Lipinski definition) is 2. The molecule has 2 saturated heterocycles. The van der Waals surface area contributed by atoms with E-state index < -0.39 is 17.6 Å². The van der Waals surface area contributed by atoms with Crippen molar-refractivity contribution in [3.05, 3.63) is 118 Å². The van der Waals surface area contributed by atoms with Gasteiger partial charge in [-0.3, -0.25) is 19.5 Å². The molecule has 268 valence electrons. The summed E-state index contributed by atoms with van der Waals surface area (Å²) in [4.78, 5) is 37.9. The molecule has 51 heavy (non-hydrogen) atoms. The van der Waals surface area contributed by atoms with Gasteiger partial charge in [-0.15, -0.1) is 0 Å². The van der Waals surface area contributed by atoms with E-state index in [1.807, 2.05) is 31.3 Å². The maximum Gasteiger partial charge on any atom is 0.416 e. The summed E-state index contributed by atoms with van der Waals surface area (Å²) in [6.07, 6.45) is 1.14. The molecule has 2 aliphatic rings. The van der Waals surface area contributed by atoms with E-state index in [1.54, 1.807) is 29.3 Å². The fourth-order valence-corrected chi connectivity index (χ4v) is 6.75. The summed E-state index contributed by atoms with van der Waals surface area (Å²) in [6, 6.07) is 22.4. The molecule has 2 N–H and O–H groups in total. The molecular weight excluding hydrogens is 653 g/mol. The van der Waals surface area contributed by atoms with Gasteiger partial charge < -0.3 is 20.4 Å². The standard InChI is InChI=1S/C40H45F3N6O2/c1-47(21-22-48-19-15-44-16-20-48)39(51)33-9-5-7-29(24-33)23-31-11-12-35(49-17-3-2-4-18-49)27-36(31)37-26-32(13-14-45-37)38(50)46-28-30-8-6-10-34(25-30)40(41,42)43/h5-14,24-27,44H,2-4,15-23,28H2,1H3,(H,46,50). The number of amides is 2. The maximum absolute atomic E-state index is 13.4. The average molecular weight is 699 g/mol. The number of pyridine rings is 1. The second kappa shape index (κ2) is 16.5. The van der Waals surface area contributed by atoms with Crippen molar-refractivity contribution in [2.75, 3.05) is 64.3 Å². The first-order valence-electron chi connectivity index (χ1n) is 17.7. The Kier molecular flexibility index (Phi) is 11.7. The van der Waals surface area contributed by atoms with Crippen molar-refractivity contribution in [3.63, 3.8) is 0 Å². The number of halogens is 3. The molecule has 0 atom stereocenters. The molecule has 0 aliphatic carbocycles. The van der Waals surface area contributed by atoms with Crippen molar-refractivity contribution in [2.45, 2.75) is 38.4 Å². The van der Waals surface area contributed by atoms with Crippen LogP contribution in [0.25, 0.3) is 11.3 Å². The van der Waals surface area contributed by atoms with E-state index in [1.165, 1.54) is 12.5 Å². The molecule has 0 bridgehead atoms. The molecule has 0 unspecified atom stereocenters. The highest BCUT2D eigenvalue weighted by Gasteiger charge is 2.30. The third kappa shape index (κ3) is 9.53. The van der Waals surface area contributed by atoms with Gasteiger partial charge in [0.1, 0.15) is 0 Å². The van der Waals surface area contributed by atoms with E-state index in [0.717, 1.165) is 93.2 Å². The maximum atomic E-state index is 13.4. The molecule has 0 spiro atoms. The summed E-state index contributed by atoms with van der Waals surface area (Å²) in [5, 5.41) is 6.12. The summed E-state index contributed by atoms with van der Waals surface area (Å²) in [6.45, 7) is 7.29. The van der Waals surface area contributed by atoms with Crippen LogP contribution in [-0.4, -0.2) is 86.0 Å². The topological polar surface area (TPSA) is 80.8 Å². The van der Waals surface area contributed by atoms with Crippen LogP contribution in [0.5, 0.6) is 0 Å². The lowest BCUT2D eigenvalue weighted by molar-refractivity contribution is -0.137. The van der Waals surface area contributed by atoms with Crippen LogP contribution in [0.2, 0.25) is 0 Å². The number of carbonyl (C=O) groups excluding carboxylic acids is 2. The Morgan fingerprint density at radius 2 is 1.63 bits per heavy atom. The lowest BCUT2D eigenvalue weighted by atomic mass is 9.94. The quantitative estimate of drug-likeness (QED) is 0.193. The number of alkyl halides is 3. The first kappa shape index (κ1) is 36.1. The fraction of sp³-hybridized carbons (Fsp3) is 0.375. The zero-order valence-corrected chi connectivity index (χ0v) is 29.0. The number of carbonyl (C=O) groups is 2. The Labute approximate surface area is 297 Å². The third-order valence-corrected chi connectivity index (χ3v) is 9.70. The molecule has 0 radical (unpaired) electrons. The fourth-order valence-electron chi connectivity index (χ4n) is 6.75. The minimum absolute atomic E-state index is 0.0156. The van der Waals surface area contributed by atoms with E-state index in [9.17, 15) is 22.8 Å². The zero-order chi connectivity index (χ0) is 35.8. The highest BCUT2D eigenvalue weighted by atomic mass is 19.4. The number of nitrogens with one attached hydrogen (secondary N) is 2. The number of nitrogens with zero attached hydrogens (tertiary/aromatic N) is 4. The Bertz CT molecular complexity index is 1820. The lowest BCUT2D eigenvalue weighted by Crippen LogP contribution is -2.46. The molecular formula is C40H45F3N6O2. The predicted octanol–water partition coefficient (Wildman–Crippen LogP) is 6.26. The van der Waals surface area contributed by atoms with Crippen LogP contribution in [-0.2, 0) is 19.1 Å². The van der Waals surface area contributed by atoms with Gasteiger partial charge in [0.2, 0.25) is 0 Å². The van der Waals surface area contributed by atoms with Crippen molar-refractivity contribution < 1.29 is 22.8 Å². The van der Waals surface area contributed by atoms with Gasteiger partial charge in [0.15, 0.2) is 0 Å². The van der Waals surface area contributed by atoms with Crippen molar-refractivity contribution in [1.82, 2.24) is 25.4 Å². The molecule has 11 heteroatoms.